The van der Waals surface area contributed by atoms with Gasteiger partial charge in [-0.2, -0.15) is 4.31 Å². The first-order valence-electron chi connectivity index (χ1n) is 9.55. The third-order valence-electron chi connectivity index (χ3n) is 4.64. The molecule has 6 nitrogen and oxygen atoms in total. The van der Waals surface area contributed by atoms with Gasteiger partial charge in [-0.15, -0.1) is 0 Å². The van der Waals surface area contributed by atoms with E-state index in [1.807, 2.05) is 51.1 Å². The normalized spacial score (nSPS) is 11.5. The molecule has 0 radical (unpaired) electrons. The van der Waals surface area contributed by atoms with Crippen LogP contribution in [0.5, 0.6) is 0 Å². The molecule has 0 atom stereocenters. The molecule has 2 rings (SSSR count). The number of hydrogen-bond acceptors (Lipinski definition) is 4. The second kappa shape index (κ2) is 9.71. The minimum Gasteiger partial charge on any atom is -0.376 e. The van der Waals surface area contributed by atoms with Crippen molar-refractivity contribution in [2.24, 2.45) is 0 Å². The maximum Gasteiger partial charge on any atom is 0.246 e. The zero-order valence-corrected chi connectivity index (χ0v) is 17.8. The third kappa shape index (κ3) is 4.91. The van der Waals surface area contributed by atoms with E-state index in [0.717, 1.165) is 5.69 Å². The Hall–Kier alpha value is -2.38. The number of carbonyl (C=O) groups is 1. The maximum absolute atomic E-state index is 12.9. The number of anilines is 2. The molecular weight excluding hydrogens is 374 g/mol. The molecule has 0 bridgehead atoms. The molecule has 0 saturated heterocycles. The van der Waals surface area contributed by atoms with E-state index in [1.165, 1.54) is 4.31 Å². The van der Waals surface area contributed by atoms with Crippen LogP contribution in [0.15, 0.2) is 53.4 Å². The van der Waals surface area contributed by atoms with Crippen LogP contribution in [-0.2, 0) is 14.8 Å². The number of benzene rings is 2. The molecule has 1 N–H and O–H groups in total. The molecule has 0 spiro atoms. The zero-order chi connectivity index (χ0) is 20.7. The fraction of sp³-hybridized carbons (Fsp3) is 0.381. The van der Waals surface area contributed by atoms with Gasteiger partial charge in [0.2, 0.25) is 15.9 Å². The van der Waals surface area contributed by atoms with Gasteiger partial charge in [-0.05, 0) is 43.7 Å². The Morgan fingerprint density at radius 3 is 2.18 bits per heavy atom. The van der Waals surface area contributed by atoms with Gasteiger partial charge >= 0.3 is 0 Å². The Kier molecular flexibility index (Phi) is 7.60. The lowest BCUT2D eigenvalue weighted by Crippen LogP contribution is -2.35. The van der Waals surface area contributed by atoms with Crippen molar-refractivity contribution in [2.45, 2.75) is 32.6 Å². The number of nitrogens with one attached hydrogen (secondary N) is 1. The van der Waals surface area contributed by atoms with Gasteiger partial charge in [0.05, 0.1) is 11.4 Å². The van der Waals surface area contributed by atoms with Crippen LogP contribution in [-0.4, -0.2) is 44.8 Å². The second-order valence-electron chi connectivity index (χ2n) is 6.40. The summed E-state index contributed by atoms with van der Waals surface area (Å²) in [5.74, 6) is -0.0811. The Morgan fingerprint density at radius 2 is 1.61 bits per heavy atom. The zero-order valence-electron chi connectivity index (χ0n) is 17.0. The summed E-state index contributed by atoms with van der Waals surface area (Å²) < 4.78 is 27.2. The number of nitrogens with zero attached hydrogens (tertiary/aromatic N) is 2. The van der Waals surface area contributed by atoms with E-state index in [4.69, 9.17) is 0 Å². The molecule has 7 heteroatoms. The summed E-state index contributed by atoms with van der Waals surface area (Å²) in [5.41, 5.74) is 2.13. The molecule has 0 aliphatic carbocycles. The summed E-state index contributed by atoms with van der Waals surface area (Å²) in [6.07, 6.45) is 0. The molecule has 0 aliphatic heterocycles. The van der Waals surface area contributed by atoms with Crippen LogP contribution >= 0.6 is 0 Å². The van der Waals surface area contributed by atoms with E-state index in [0.29, 0.717) is 30.9 Å². The fourth-order valence-electron chi connectivity index (χ4n) is 3.07. The Bertz CT molecular complexity index is 894. The SMILES string of the molecule is CCN(C(=O)CNc1ccc(C)c(S(=O)(=O)N(CC)CC)c1)c1ccccc1. The molecular formula is C21H29N3O3S. The number of amides is 1. The van der Waals surface area contributed by atoms with Crippen molar-refractivity contribution < 1.29 is 13.2 Å². The number of carbonyl (C=O) groups excluding carboxylic acids is 1. The number of sulfonamides is 1. The van der Waals surface area contributed by atoms with Crippen LogP contribution in [0.1, 0.15) is 26.3 Å². The van der Waals surface area contributed by atoms with Gasteiger partial charge in [0, 0.05) is 31.0 Å². The minimum atomic E-state index is -3.56. The smallest absolute Gasteiger partial charge is 0.246 e. The molecule has 0 aromatic heterocycles. The topological polar surface area (TPSA) is 69.7 Å². The van der Waals surface area contributed by atoms with E-state index in [9.17, 15) is 13.2 Å². The van der Waals surface area contributed by atoms with Crippen molar-refractivity contribution in [1.82, 2.24) is 4.31 Å². The van der Waals surface area contributed by atoms with Gasteiger partial charge in [-0.1, -0.05) is 38.1 Å². The van der Waals surface area contributed by atoms with Gasteiger partial charge in [-0.3, -0.25) is 4.79 Å². The average Bonchev–Trinajstić information content (AvgIpc) is 2.69. The molecule has 0 unspecified atom stereocenters. The van der Waals surface area contributed by atoms with Crippen LogP contribution in [0.25, 0.3) is 0 Å². The lowest BCUT2D eigenvalue weighted by molar-refractivity contribution is -0.116. The largest absolute Gasteiger partial charge is 0.376 e. The predicted octanol–water partition coefficient (Wildman–Crippen LogP) is 3.49. The Morgan fingerprint density at radius 1 is 0.964 bits per heavy atom. The molecule has 2 aromatic carbocycles. The summed E-state index contributed by atoms with van der Waals surface area (Å²) in [4.78, 5) is 14.6. The van der Waals surface area contributed by atoms with Gasteiger partial charge in [0.15, 0.2) is 0 Å². The number of rotatable bonds is 9. The highest BCUT2D eigenvalue weighted by molar-refractivity contribution is 7.89. The molecule has 0 saturated carbocycles. The monoisotopic (exact) mass is 403 g/mol. The van der Waals surface area contributed by atoms with Gasteiger partial charge < -0.3 is 10.2 Å². The molecule has 28 heavy (non-hydrogen) atoms. The summed E-state index contributed by atoms with van der Waals surface area (Å²) in [6, 6.07) is 14.6. The quantitative estimate of drug-likeness (QED) is 0.696. The molecule has 152 valence electrons. The highest BCUT2D eigenvalue weighted by Crippen LogP contribution is 2.23. The molecule has 1 amide bonds. The molecule has 0 aliphatic rings. The van der Waals surface area contributed by atoms with E-state index in [2.05, 4.69) is 5.32 Å². The van der Waals surface area contributed by atoms with Crippen molar-refractivity contribution in [3.8, 4) is 0 Å². The average molecular weight is 404 g/mol. The van der Waals surface area contributed by atoms with Crippen molar-refractivity contribution in [1.29, 1.82) is 0 Å². The van der Waals surface area contributed by atoms with Crippen LogP contribution < -0.4 is 10.2 Å². The third-order valence-corrected chi connectivity index (χ3v) is 6.83. The van der Waals surface area contributed by atoms with Gasteiger partial charge in [-0.25, -0.2) is 8.42 Å². The maximum atomic E-state index is 12.9. The summed E-state index contributed by atoms with van der Waals surface area (Å²) >= 11 is 0. The minimum absolute atomic E-state index is 0.0799. The van der Waals surface area contributed by atoms with E-state index >= 15 is 0 Å². The highest BCUT2D eigenvalue weighted by Gasteiger charge is 2.24. The van der Waals surface area contributed by atoms with Crippen molar-refractivity contribution >= 4 is 27.3 Å². The molecule has 2 aromatic rings. The number of aryl methyl sites for hydroxylation is 1. The fourth-order valence-corrected chi connectivity index (χ4v) is 4.78. The van der Waals surface area contributed by atoms with E-state index in [-0.39, 0.29) is 17.3 Å². The van der Waals surface area contributed by atoms with E-state index in [1.54, 1.807) is 30.0 Å². The number of para-hydroxylation sites is 1. The van der Waals surface area contributed by atoms with Crippen LogP contribution in [0, 0.1) is 6.92 Å². The van der Waals surface area contributed by atoms with Crippen LogP contribution in [0.4, 0.5) is 11.4 Å². The second-order valence-corrected chi connectivity index (χ2v) is 8.30. The number of hydrogen-bond donors (Lipinski definition) is 1. The Balaban J connectivity index is 2.18. The van der Waals surface area contributed by atoms with Gasteiger partial charge in [0.1, 0.15) is 0 Å². The standard InChI is InChI=1S/C21H29N3O3S/c1-5-23(6-2)28(26,27)20-15-18(14-13-17(20)4)22-16-21(25)24(7-3)19-11-9-8-10-12-19/h8-15,22H,5-7,16H2,1-4H3. The van der Waals surface area contributed by atoms with Crippen molar-refractivity contribution in [3.63, 3.8) is 0 Å². The summed E-state index contributed by atoms with van der Waals surface area (Å²) in [6.45, 7) is 8.80. The highest BCUT2D eigenvalue weighted by atomic mass is 32.2. The summed E-state index contributed by atoms with van der Waals surface area (Å²) in [7, 11) is -3.56. The van der Waals surface area contributed by atoms with Crippen molar-refractivity contribution in [2.75, 3.05) is 36.4 Å². The van der Waals surface area contributed by atoms with E-state index < -0.39 is 10.0 Å². The summed E-state index contributed by atoms with van der Waals surface area (Å²) in [5, 5.41) is 3.07. The predicted molar refractivity (Wildman–Crippen MR) is 114 cm³/mol. The first-order valence-corrected chi connectivity index (χ1v) is 11.0. The lowest BCUT2D eigenvalue weighted by Gasteiger charge is -2.22. The molecule has 0 fully saturated rings. The van der Waals surface area contributed by atoms with Gasteiger partial charge in [0.25, 0.3) is 0 Å². The first kappa shape index (κ1) is 21.9. The number of likely N-dealkylation sites (N-methyl/N-ethyl adjacent to an activating group) is 1. The first-order chi connectivity index (χ1) is 13.3. The molecule has 0 heterocycles. The Labute approximate surface area is 168 Å². The lowest BCUT2D eigenvalue weighted by atomic mass is 10.2. The van der Waals surface area contributed by atoms with Crippen LogP contribution in [0.3, 0.4) is 0 Å². The van der Waals surface area contributed by atoms with Crippen LogP contribution in [0.2, 0.25) is 0 Å². The van der Waals surface area contributed by atoms with Crippen molar-refractivity contribution in [3.05, 3.63) is 54.1 Å².